The van der Waals surface area contributed by atoms with Gasteiger partial charge in [0.1, 0.15) is 5.76 Å². The van der Waals surface area contributed by atoms with Crippen LogP contribution in [-0.4, -0.2) is 30.8 Å². The lowest BCUT2D eigenvalue weighted by atomic mass is 9.96. The molecule has 1 aromatic heterocycles. The highest BCUT2D eigenvalue weighted by Gasteiger charge is 2.19. The first kappa shape index (κ1) is 16.7. The van der Waals surface area contributed by atoms with Gasteiger partial charge in [-0.05, 0) is 25.0 Å². The molecular weight excluding hydrogens is 258 g/mol. The smallest absolute Gasteiger partial charge is 0.373 e. The van der Waals surface area contributed by atoms with Crippen molar-refractivity contribution >= 4 is 5.97 Å². The molecule has 1 heterocycles. The number of rotatable bonds is 8. The lowest BCUT2D eigenvalue weighted by molar-refractivity contribution is 0.0561. The third-order valence-corrected chi connectivity index (χ3v) is 3.67. The Morgan fingerprint density at radius 2 is 2.05 bits per heavy atom. The Morgan fingerprint density at radius 3 is 2.60 bits per heavy atom. The number of methoxy groups -OCH3 is 1. The predicted molar refractivity (Wildman–Crippen MR) is 76.5 cm³/mol. The zero-order valence-corrected chi connectivity index (χ0v) is 12.7. The topological polar surface area (TPSA) is 71.7 Å². The fourth-order valence-electron chi connectivity index (χ4n) is 2.19. The van der Waals surface area contributed by atoms with Crippen molar-refractivity contribution in [2.24, 2.45) is 5.92 Å². The summed E-state index contributed by atoms with van der Waals surface area (Å²) in [5, 5.41) is 13.3. The zero-order chi connectivity index (χ0) is 15.1. The molecule has 5 heteroatoms. The van der Waals surface area contributed by atoms with Gasteiger partial charge in [-0.3, -0.25) is 0 Å². The summed E-state index contributed by atoms with van der Waals surface area (Å²) in [4.78, 5) is 11.3. The summed E-state index contributed by atoms with van der Waals surface area (Å²) < 4.78 is 10.0. The quantitative estimate of drug-likeness (QED) is 0.717. The first-order valence-electron chi connectivity index (χ1n) is 7.12. The number of furan rings is 1. The molecule has 20 heavy (non-hydrogen) atoms. The van der Waals surface area contributed by atoms with Crippen LogP contribution in [0.15, 0.2) is 16.5 Å². The molecule has 0 aromatic carbocycles. The van der Waals surface area contributed by atoms with Crippen LogP contribution in [0, 0.1) is 5.92 Å². The maximum absolute atomic E-state index is 11.3. The number of hydrogen-bond acceptors (Lipinski definition) is 5. The molecule has 0 aliphatic rings. The number of ether oxygens (including phenoxy) is 1. The van der Waals surface area contributed by atoms with E-state index < -0.39 is 5.97 Å². The summed E-state index contributed by atoms with van der Waals surface area (Å²) in [6, 6.07) is 3.27. The van der Waals surface area contributed by atoms with E-state index in [0.29, 0.717) is 18.2 Å². The van der Waals surface area contributed by atoms with Crippen LogP contribution in [0.5, 0.6) is 0 Å². The molecule has 1 rings (SSSR count). The molecule has 0 radical (unpaired) electrons. The molecule has 0 amide bonds. The number of esters is 1. The summed E-state index contributed by atoms with van der Waals surface area (Å²) in [5.41, 5.74) is 0. The second kappa shape index (κ2) is 8.07. The van der Waals surface area contributed by atoms with Gasteiger partial charge in [0, 0.05) is 6.54 Å². The Balaban J connectivity index is 2.52. The molecule has 0 bridgehead atoms. The van der Waals surface area contributed by atoms with Crippen molar-refractivity contribution in [3.8, 4) is 0 Å². The number of nitrogens with one attached hydrogen (secondary N) is 1. The summed E-state index contributed by atoms with van der Waals surface area (Å²) in [7, 11) is 1.32. The molecule has 0 saturated heterocycles. The standard InChI is InChI=1S/C15H25NO4/c1-5-11(6-2)12(17)9-16-10(3)13-7-8-14(20-13)15(18)19-4/h7-8,10-12,16-17H,5-6,9H2,1-4H3. The van der Waals surface area contributed by atoms with E-state index in [1.165, 1.54) is 7.11 Å². The van der Waals surface area contributed by atoms with Gasteiger partial charge in [-0.2, -0.15) is 0 Å². The maximum Gasteiger partial charge on any atom is 0.373 e. The minimum absolute atomic E-state index is 0.0718. The normalized spacial score (nSPS) is 14.3. The fourth-order valence-corrected chi connectivity index (χ4v) is 2.19. The Hall–Kier alpha value is -1.33. The molecule has 5 nitrogen and oxygen atoms in total. The second-order valence-corrected chi connectivity index (χ2v) is 4.97. The zero-order valence-electron chi connectivity index (χ0n) is 12.7. The molecule has 0 fully saturated rings. The number of carbonyl (C=O) groups excluding carboxylic acids is 1. The largest absolute Gasteiger partial charge is 0.463 e. The molecule has 0 saturated carbocycles. The molecule has 2 unspecified atom stereocenters. The van der Waals surface area contributed by atoms with Crippen molar-refractivity contribution in [3.05, 3.63) is 23.7 Å². The number of aliphatic hydroxyl groups excluding tert-OH is 1. The van der Waals surface area contributed by atoms with E-state index in [0.717, 1.165) is 12.8 Å². The third-order valence-electron chi connectivity index (χ3n) is 3.67. The summed E-state index contributed by atoms with van der Waals surface area (Å²) in [6.07, 6.45) is 1.55. The maximum atomic E-state index is 11.3. The van der Waals surface area contributed by atoms with Crippen molar-refractivity contribution in [2.45, 2.75) is 45.8 Å². The number of aliphatic hydroxyl groups is 1. The monoisotopic (exact) mass is 283 g/mol. The Labute approximate surface area is 120 Å². The van der Waals surface area contributed by atoms with E-state index in [9.17, 15) is 9.90 Å². The Kier molecular flexibility index (Phi) is 6.75. The van der Waals surface area contributed by atoms with Gasteiger partial charge in [-0.1, -0.05) is 26.7 Å². The second-order valence-electron chi connectivity index (χ2n) is 4.97. The average molecular weight is 283 g/mol. The number of hydrogen-bond donors (Lipinski definition) is 2. The van der Waals surface area contributed by atoms with Crippen LogP contribution in [0.25, 0.3) is 0 Å². The lowest BCUT2D eigenvalue weighted by Crippen LogP contribution is -2.33. The van der Waals surface area contributed by atoms with Gasteiger partial charge in [-0.15, -0.1) is 0 Å². The van der Waals surface area contributed by atoms with E-state index in [1.54, 1.807) is 12.1 Å². The minimum atomic E-state index is -0.486. The first-order valence-corrected chi connectivity index (χ1v) is 7.12. The first-order chi connectivity index (χ1) is 9.53. The highest BCUT2D eigenvalue weighted by Crippen LogP contribution is 2.18. The van der Waals surface area contributed by atoms with Gasteiger partial charge in [0.2, 0.25) is 5.76 Å². The average Bonchev–Trinajstić information content (AvgIpc) is 2.95. The van der Waals surface area contributed by atoms with E-state index in [-0.39, 0.29) is 17.9 Å². The van der Waals surface area contributed by atoms with Crippen LogP contribution >= 0.6 is 0 Å². The minimum Gasteiger partial charge on any atom is -0.463 e. The summed E-state index contributed by atoms with van der Waals surface area (Å²) >= 11 is 0. The highest BCUT2D eigenvalue weighted by molar-refractivity contribution is 5.86. The van der Waals surface area contributed by atoms with Crippen LogP contribution in [0.2, 0.25) is 0 Å². The van der Waals surface area contributed by atoms with E-state index in [2.05, 4.69) is 23.9 Å². The SMILES string of the molecule is CCC(CC)C(O)CNC(C)c1ccc(C(=O)OC)o1. The van der Waals surface area contributed by atoms with Gasteiger partial charge in [0.15, 0.2) is 0 Å². The number of carbonyl (C=O) groups is 1. The van der Waals surface area contributed by atoms with Crippen molar-refractivity contribution in [1.29, 1.82) is 0 Å². The van der Waals surface area contributed by atoms with Crippen molar-refractivity contribution < 1.29 is 19.1 Å². The molecule has 2 atom stereocenters. The van der Waals surface area contributed by atoms with Crippen LogP contribution < -0.4 is 5.32 Å². The highest BCUT2D eigenvalue weighted by atomic mass is 16.5. The molecule has 2 N–H and O–H groups in total. The van der Waals surface area contributed by atoms with Crippen LogP contribution in [-0.2, 0) is 4.74 Å². The van der Waals surface area contributed by atoms with Gasteiger partial charge in [0.05, 0.1) is 19.3 Å². The molecule has 0 aliphatic heterocycles. The Bertz CT molecular complexity index is 412. The predicted octanol–water partition coefficient (Wildman–Crippen LogP) is 2.51. The Morgan fingerprint density at radius 1 is 1.40 bits per heavy atom. The van der Waals surface area contributed by atoms with Crippen LogP contribution in [0.3, 0.4) is 0 Å². The third kappa shape index (κ3) is 4.35. The molecule has 114 valence electrons. The molecule has 0 aliphatic carbocycles. The van der Waals surface area contributed by atoms with E-state index in [4.69, 9.17) is 4.42 Å². The summed E-state index contributed by atoms with van der Waals surface area (Å²) in [6.45, 7) is 6.59. The van der Waals surface area contributed by atoms with Crippen molar-refractivity contribution in [2.75, 3.05) is 13.7 Å². The van der Waals surface area contributed by atoms with Gasteiger partial charge < -0.3 is 19.6 Å². The van der Waals surface area contributed by atoms with Gasteiger partial charge in [-0.25, -0.2) is 4.79 Å². The van der Waals surface area contributed by atoms with Crippen molar-refractivity contribution in [1.82, 2.24) is 5.32 Å². The lowest BCUT2D eigenvalue weighted by Gasteiger charge is -2.22. The van der Waals surface area contributed by atoms with Gasteiger partial charge in [0.25, 0.3) is 0 Å². The molecule has 1 aromatic rings. The van der Waals surface area contributed by atoms with E-state index >= 15 is 0 Å². The van der Waals surface area contributed by atoms with Gasteiger partial charge >= 0.3 is 5.97 Å². The molecule has 0 spiro atoms. The van der Waals surface area contributed by atoms with E-state index in [1.807, 2.05) is 6.92 Å². The summed E-state index contributed by atoms with van der Waals surface area (Å²) in [5.74, 6) is 0.663. The molecular formula is C15H25NO4. The van der Waals surface area contributed by atoms with Crippen LogP contribution in [0.1, 0.15) is 56.0 Å². The van der Waals surface area contributed by atoms with Crippen molar-refractivity contribution in [3.63, 3.8) is 0 Å². The fraction of sp³-hybridized carbons (Fsp3) is 0.667. The van der Waals surface area contributed by atoms with Crippen LogP contribution in [0.4, 0.5) is 0 Å².